The molecular weight excluding hydrogens is 479 g/mol. The average molecular weight is 520 g/mol. The average Bonchev–Trinajstić information content (AvgIpc) is 2.87. The molecule has 1 unspecified atom stereocenters. The van der Waals surface area contributed by atoms with E-state index in [2.05, 4.69) is 63.6 Å². The highest BCUT2D eigenvalue weighted by Gasteiger charge is 2.31. The summed E-state index contributed by atoms with van der Waals surface area (Å²) in [5.74, 6) is 0.696. The molecule has 0 saturated carbocycles. The van der Waals surface area contributed by atoms with Gasteiger partial charge in [-0.1, -0.05) is 6.07 Å². The Balaban J connectivity index is 1.55. The van der Waals surface area contributed by atoms with E-state index in [-0.39, 0.29) is 17.5 Å². The van der Waals surface area contributed by atoms with Gasteiger partial charge in [-0.15, -0.1) is 0 Å². The minimum absolute atomic E-state index is 0.177. The lowest BCUT2D eigenvalue weighted by atomic mass is 9.96. The lowest BCUT2D eigenvalue weighted by Crippen LogP contribution is -2.49. The molecule has 0 spiro atoms. The third-order valence-electron chi connectivity index (χ3n) is 7.63. The summed E-state index contributed by atoms with van der Waals surface area (Å²) in [6.07, 6.45) is -3.44. The highest BCUT2D eigenvalue weighted by molar-refractivity contribution is 5.94. The number of halogens is 3. The minimum Gasteiger partial charge on any atom is -0.493 e. The van der Waals surface area contributed by atoms with Gasteiger partial charge < -0.3 is 14.5 Å². The monoisotopic (exact) mass is 519 g/mol. The fourth-order valence-corrected chi connectivity index (χ4v) is 4.67. The van der Waals surface area contributed by atoms with Crippen molar-refractivity contribution in [2.24, 2.45) is 0 Å². The minimum atomic E-state index is -4.41. The van der Waals surface area contributed by atoms with E-state index < -0.39 is 11.7 Å². The van der Waals surface area contributed by atoms with E-state index in [1.165, 1.54) is 23.3 Å². The van der Waals surface area contributed by atoms with E-state index in [0.717, 1.165) is 36.4 Å². The van der Waals surface area contributed by atoms with Crippen LogP contribution < -0.4 is 4.74 Å². The molecule has 37 heavy (non-hydrogen) atoms. The zero-order valence-corrected chi connectivity index (χ0v) is 22.9. The molecule has 0 radical (unpaired) electrons. The molecule has 2 aromatic rings. The molecule has 1 aliphatic heterocycles. The number of benzene rings is 2. The van der Waals surface area contributed by atoms with E-state index >= 15 is 0 Å². The van der Waals surface area contributed by atoms with Gasteiger partial charge in [0.05, 0.1) is 12.2 Å². The van der Waals surface area contributed by atoms with Crippen LogP contribution in [0.2, 0.25) is 0 Å². The Labute approximate surface area is 219 Å². The molecule has 3 rings (SSSR count). The number of hydrogen-bond acceptors (Lipinski definition) is 4. The van der Waals surface area contributed by atoms with Crippen molar-refractivity contribution in [2.45, 2.75) is 59.3 Å². The van der Waals surface area contributed by atoms with Crippen molar-refractivity contribution in [2.75, 3.05) is 46.4 Å². The van der Waals surface area contributed by atoms with E-state index in [9.17, 15) is 18.0 Å². The Hall–Kier alpha value is -2.58. The quantitative estimate of drug-likeness (QED) is 0.384. The second kappa shape index (κ2) is 12.3. The van der Waals surface area contributed by atoms with Gasteiger partial charge >= 0.3 is 6.18 Å². The van der Waals surface area contributed by atoms with E-state index in [1.54, 1.807) is 4.90 Å². The first-order valence-electron chi connectivity index (χ1n) is 13.0. The molecule has 0 aromatic heterocycles. The summed E-state index contributed by atoms with van der Waals surface area (Å²) >= 11 is 0. The van der Waals surface area contributed by atoms with Crippen LogP contribution in [0.5, 0.6) is 5.75 Å². The number of rotatable bonds is 9. The summed E-state index contributed by atoms with van der Waals surface area (Å²) < 4.78 is 44.5. The molecule has 8 heteroatoms. The van der Waals surface area contributed by atoms with Crippen molar-refractivity contribution in [3.63, 3.8) is 0 Å². The lowest BCUT2D eigenvalue weighted by molar-refractivity contribution is -0.137. The van der Waals surface area contributed by atoms with Crippen LogP contribution in [0.1, 0.15) is 65.8 Å². The summed E-state index contributed by atoms with van der Waals surface area (Å²) in [6.45, 7) is 14.9. The smallest absolute Gasteiger partial charge is 0.416 e. The van der Waals surface area contributed by atoms with Crippen LogP contribution in [0.3, 0.4) is 0 Å². The second-order valence-corrected chi connectivity index (χ2v) is 10.3. The van der Waals surface area contributed by atoms with Crippen molar-refractivity contribution in [3.05, 3.63) is 64.2 Å². The molecule has 1 heterocycles. The topological polar surface area (TPSA) is 36.0 Å². The third kappa shape index (κ3) is 7.26. The van der Waals surface area contributed by atoms with Crippen molar-refractivity contribution >= 4 is 5.91 Å². The number of ether oxygens (including phenoxy) is 1. The number of carbonyl (C=O) groups excluding carboxylic acids is 1. The second-order valence-electron chi connectivity index (χ2n) is 10.3. The van der Waals surface area contributed by atoms with Gasteiger partial charge in [0.15, 0.2) is 0 Å². The Morgan fingerprint density at radius 1 is 0.973 bits per heavy atom. The molecule has 0 N–H and O–H groups in total. The molecule has 5 nitrogen and oxygen atoms in total. The Bertz CT molecular complexity index is 1050. The van der Waals surface area contributed by atoms with Gasteiger partial charge in [0.25, 0.3) is 5.91 Å². The van der Waals surface area contributed by atoms with Crippen molar-refractivity contribution in [1.29, 1.82) is 0 Å². The fraction of sp³-hybridized carbons (Fsp3) is 0.552. The first-order valence-corrected chi connectivity index (χ1v) is 13.0. The van der Waals surface area contributed by atoms with Crippen LogP contribution in [0, 0.1) is 13.8 Å². The first-order chi connectivity index (χ1) is 17.4. The van der Waals surface area contributed by atoms with Crippen molar-refractivity contribution in [3.8, 4) is 5.75 Å². The van der Waals surface area contributed by atoms with Crippen LogP contribution in [0.25, 0.3) is 0 Å². The molecule has 1 atom stereocenters. The zero-order chi connectivity index (χ0) is 27.3. The van der Waals surface area contributed by atoms with Gasteiger partial charge in [-0.3, -0.25) is 9.69 Å². The predicted octanol–water partition coefficient (Wildman–Crippen LogP) is 5.95. The van der Waals surface area contributed by atoms with E-state index in [1.807, 2.05) is 0 Å². The highest BCUT2D eigenvalue weighted by Crippen LogP contribution is 2.32. The molecular formula is C29H40F3N3O2. The molecule has 1 fully saturated rings. The summed E-state index contributed by atoms with van der Waals surface area (Å²) in [6, 6.07) is 9.36. The number of hydrogen-bond donors (Lipinski definition) is 0. The molecule has 1 aliphatic rings. The molecule has 0 aliphatic carbocycles. The van der Waals surface area contributed by atoms with Crippen LogP contribution in [0.15, 0.2) is 36.4 Å². The number of nitrogens with zero attached hydrogens (tertiary/aromatic N) is 3. The number of amides is 1. The maximum Gasteiger partial charge on any atom is 0.416 e. The zero-order valence-electron chi connectivity index (χ0n) is 22.9. The maximum absolute atomic E-state index is 12.8. The van der Waals surface area contributed by atoms with Crippen LogP contribution in [-0.4, -0.2) is 73.0 Å². The SMILES string of the molecule is Cc1c(OCCCN(C)C(C)C)ccc(C(C)N2CCN(C(=O)c3ccc(C(F)(F)F)cc3)CC2)c1C. The largest absolute Gasteiger partial charge is 0.493 e. The first kappa shape index (κ1) is 29.0. The molecule has 1 amide bonds. The van der Waals surface area contributed by atoms with Gasteiger partial charge in [-0.05, 0) is 95.1 Å². The van der Waals surface area contributed by atoms with Gasteiger partial charge in [0, 0.05) is 50.4 Å². The van der Waals surface area contributed by atoms with Gasteiger partial charge in [-0.2, -0.15) is 13.2 Å². The Morgan fingerprint density at radius 3 is 2.16 bits per heavy atom. The highest BCUT2D eigenvalue weighted by atomic mass is 19.4. The predicted molar refractivity (Wildman–Crippen MR) is 141 cm³/mol. The summed E-state index contributed by atoms with van der Waals surface area (Å²) in [5, 5.41) is 0. The number of alkyl halides is 3. The van der Waals surface area contributed by atoms with Crippen LogP contribution >= 0.6 is 0 Å². The van der Waals surface area contributed by atoms with Gasteiger partial charge in [0.2, 0.25) is 0 Å². The van der Waals surface area contributed by atoms with Crippen molar-refractivity contribution < 1.29 is 22.7 Å². The molecule has 0 bridgehead atoms. The maximum atomic E-state index is 12.8. The van der Waals surface area contributed by atoms with Crippen molar-refractivity contribution in [1.82, 2.24) is 14.7 Å². The molecule has 2 aromatic carbocycles. The Kier molecular flexibility index (Phi) is 9.64. The third-order valence-corrected chi connectivity index (χ3v) is 7.63. The standard InChI is InChI=1S/C29H40F3N3O2/c1-20(2)33(6)14-7-19-37-27-13-12-26(21(3)22(27)4)23(5)34-15-17-35(18-16-34)28(36)24-8-10-25(11-9-24)29(30,31)32/h8-13,20,23H,7,14-19H2,1-6H3. The van der Waals surface area contributed by atoms with Crippen LogP contribution in [-0.2, 0) is 6.18 Å². The number of carbonyl (C=O) groups is 1. The Morgan fingerprint density at radius 2 is 1.59 bits per heavy atom. The summed E-state index contributed by atoms with van der Waals surface area (Å²) in [4.78, 5) is 19.2. The van der Waals surface area contributed by atoms with E-state index in [4.69, 9.17) is 4.74 Å². The molecule has 1 saturated heterocycles. The van der Waals surface area contributed by atoms with Gasteiger partial charge in [0.1, 0.15) is 5.75 Å². The fourth-order valence-electron chi connectivity index (χ4n) is 4.67. The van der Waals surface area contributed by atoms with Crippen LogP contribution in [0.4, 0.5) is 13.2 Å². The lowest BCUT2D eigenvalue weighted by Gasteiger charge is -2.39. The van der Waals surface area contributed by atoms with E-state index in [0.29, 0.717) is 38.8 Å². The number of piperazine rings is 1. The molecule has 204 valence electrons. The van der Waals surface area contributed by atoms with Gasteiger partial charge in [-0.25, -0.2) is 0 Å². The summed E-state index contributed by atoms with van der Waals surface area (Å²) in [7, 11) is 2.13. The summed E-state index contributed by atoms with van der Waals surface area (Å²) in [5.41, 5.74) is 3.15. The normalized spacial score (nSPS) is 15.9.